The maximum atomic E-state index is 12.7. The SMILES string of the molecule is CCOc1cc(/C=N/NC(=O)CCCOc2ccc(Cl)cc2Cl)ccc1OC(=O)c1ccc(OC)c(OC)c1. The molecule has 9 nitrogen and oxygen atoms in total. The van der Waals surface area contributed by atoms with Crippen molar-refractivity contribution in [1.82, 2.24) is 5.43 Å². The Balaban J connectivity index is 1.54. The van der Waals surface area contributed by atoms with Gasteiger partial charge in [-0.2, -0.15) is 5.10 Å². The van der Waals surface area contributed by atoms with Gasteiger partial charge in [0.05, 0.1) is 44.2 Å². The fourth-order valence-electron chi connectivity index (χ4n) is 3.32. The van der Waals surface area contributed by atoms with Gasteiger partial charge in [0.25, 0.3) is 0 Å². The van der Waals surface area contributed by atoms with Crippen LogP contribution in [-0.4, -0.2) is 45.5 Å². The number of hydrazone groups is 1. The molecule has 11 heteroatoms. The molecule has 0 fully saturated rings. The number of amides is 1. The highest BCUT2D eigenvalue weighted by Crippen LogP contribution is 2.31. The Bertz CT molecular complexity index is 1330. The predicted octanol–water partition coefficient (Wildman–Crippen LogP) is 5.94. The summed E-state index contributed by atoms with van der Waals surface area (Å²) in [5.41, 5.74) is 3.38. The van der Waals surface area contributed by atoms with E-state index < -0.39 is 5.97 Å². The minimum atomic E-state index is -0.590. The van der Waals surface area contributed by atoms with Crippen LogP contribution in [-0.2, 0) is 4.79 Å². The van der Waals surface area contributed by atoms with Crippen molar-refractivity contribution in [3.63, 3.8) is 0 Å². The number of esters is 1. The van der Waals surface area contributed by atoms with Gasteiger partial charge in [-0.1, -0.05) is 23.2 Å². The van der Waals surface area contributed by atoms with Crippen molar-refractivity contribution in [3.8, 4) is 28.7 Å². The summed E-state index contributed by atoms with van der Waals surface area (Å²) in [6, 6.07) is 14.6. The quantitative estimate of drug-likeness (QED) is 0.0885. The molecular weight excluding hydrogens is 547 g/mol. The molecule has 3 aromatic carbocycles. The minimum absolute atomic E-state index is 0.206. The van der Waals surface area contributed by atoms with Crippen LogP contribution in [0, 0.1) is 0 Å². The Morgan fingerprint density at radius 1 is 0.872 bits per heavy atom. The topological polar surface area (TPSA) is 105 Å². The zero-order valence-electron chi connectivity index (χ0n) is 21.7. The molecule has 0 atom stereocenters. The Labute approximate surface area is 236 Å². The first-order valence-corrected chi connectivity index (χ1v) is 12.7. The van der Waals surface area contributed by atoms with Gasteiger partial charge in [-0.25, -0.2) is 10.2 Å². The summed E-state index contributed by atoms with van der Waals surface area (Å²) >= 11 is 11.9. The average Bonchev–Trinajstić information content (AvgIpc) is 2.93. The van der Waals surface area contributed by atoms with E-state index in [1.165, 1.54) is 26.5 Å². The third-order valence-corrected chi connectivity index (χ3v) is 5.72. The van der Waals surface area contributed by atoms with Crippen LogP contribution >= 0.6 is 23.2 Å². The lowest BCUT2D eigenvalue weighted by atomic mass is 10.2. The highest BCUT2D eigenvalue weighted by Gasteiger charge is 2.16. The molecule has 0 aromatic heterocycles. The van der Waals surface area contributed by atoms with E-state index in [2.05, 4.69) is 10.5 Å². The number of nitrogens with zero attached hydrogens (tertiary/aromatic N) is 1. The summed E-state index contributed by atoms with van der Waals surface area (Å²) < 4.78 is 27.2. The number of methoxy groups -OCH3 is 2. The Morgan fingerprint density at radius 2 is 1.62 bits per heavy atom. The second kappa shape index (κ2) is 14.8. The zero-order chi connectivity index (χ0) is 28.2. The second-order valence-corrected chi connectivity index (χ2v) is 8.76. The molecule has 0 heterocycles. The molecule has 0 aliphatic carbocycles. The number of nitrogens with one attached hydrogen (secondary N) is 1. The summed E-state index contributed by atoms with van der Waals surface area (Å²) in [5, 5.41) is 4.91. The third-order valence-electron chi connectivity index (χ3n) is 5.19. The molecular formula is C28H28Cl2N2O7. The standard InChI is InChI=1S/C28H28Cl2N2O7/c1-4-37-26-14-18(7-10-24(26)39-28(34)19-8-11-23(35-2)25(15-19)36-3)17-31-32-27(33)6-5-13-38-22-12-9-20(29)16-21(22)30/h7-12,14-17H,4-6,13H2,1-3H3,(H,32,33)/b31-17+. The molecule has 0 aliphatic heterocycles. The number of halogens is 2. The lowest BCUT2D eigenvalue weighted by molar-refractivity contribution is -0.121. The highest BCUT2D eigenvalue weighted by molar-refractivity contribution is 6.35. The summed E-state index contributed by atoms with van der Waals surface area (Å²) in [5.74, 6) is 1.12. The van der Waals surface area contributed by atoms with Crippen molar-refractivity contribution in [2.45, 2.75) is 19.8 Å². The lowest BCUT2D eigenvalue weighted by Crippen LogP contribution is -2.18. The second-order valence-electron chi connectivity index (χ2n) is 7.92. The van der Waals surface area contributed by atoms with Crippen LogP contribution < -0.4 is 29.1 Å². The van der Waals surface area contributed by atoms with E-state index in [-0.39, 0.29) is 23.6 Å². The van der Waals surface area contributed by atoms with Gasteiger partial charge in [-0.05, 0) is 73.5 Å². The molecule has 0 radical (unpaired) electrons. The highest BCUT2D eigenvalue weighted by atomic mass is 35.5. The maximum absolute atomic E-state index is 12.7. The summed E-state index contributed by atoms with van der Waals surface area (Å²) in [7, 11) is 2.99. The van der Waals surface area contributed by atoms with Crippen LogP contribution in [0.4, 0.5) is 0 Å². The van der Waals surface area contributed by atoms with E-state index in [9.17, 15) is 9.59 Å². The van der Waals surface area contributed by atoms with Crippen LogP contribution in [0.25, 0.3) is 0 Å². The van der Waals surface area contributed by atoms with Crippen molar-refractivity contribution >= 4 is 41.3 Å². The van der Waals surface area contributed by atoms with Gasteiger partial charge in [0, 0.05) is 11.4 Å². The Morgan fingerprint density at radius 3 is 2.33 bits per heavy atom. The molecule has 1 amide bonds. The molecule has 0 aliphatic rings. The fraction of sp³-hybridized carbons (Fsp3) is 0.250. The van der Waals surface area contributed by atoms with E-state index in [4.69, 9.17) is 46.9 Å². The molecule has 0 spiro atoms. The number of benzene rings is 3. The smallest absolute Gasteiger partial charge is 0.343 e. The van der Waals surface area contributed by atoms with Gasteiger partial charge in [0.15, 0.2) is 23.0 Å². The summed E-state index contributed by atoms with van der Waals surface area (Å²) in [6.45, 7) is 2.47. The molecule has 0 unspecified atom stereocenters. The van der Waals surface area contributed by atoms with Crippen molar-refractivity contribution in [2.24, 2.45) is 5.10 Å². The maximum Gasteiger partial charge on any atom is 0.343 e. The van der Waals surface area contributed by atoms with Crippen LogP contribution in [0.1, 0.15) is 35.7 Å². The van der Waals surface area contributed by atoms with Crippen molar-refractivity contribution in [3.05, 3.63) is 75.8 Å². The largest absolute Gasteiger partial charge is 0.493 e. The number of carbonyl (C=O) groups excluding carboxylic acids is 2. The molecule has 39 heavy (non-hydrogen) atoms. The van der Waals surface area contributed by atoms with Gasteiger partial charge in [0.2, 0.25) is 5.91 Å². The molecule has 3 rings (SSSR count). The number of ether oxygens (including phenoxy) is 5. The first-order valence-electron chi connectivity index (χ1n) is 12.0. The molecule has 206 valence electrons. The zero-order valence-corrected chi connectivity index (χ0v) is 23.2. The van der Waals surface area contributed by atoms with Crippen molar-refractivity contribution in [2.75, 3.05) is 27.4 Å². The van der Waals surface area contributed by atoms with E-state index in [0.29, 0.717) is 58.2 Å². The van der Waals surface area contributed by atoms with Crippen molar-refractivity contribution < 1.29 is 33.3 Å². The lowest BCUT2D eigenvalue weighted by Gasteiger charge is -2.12. The molecule has 0 saturated heterocycles. The predicted molar refractivity (Wildman–Crippen MR) is 149 cm³/mol. The first-order chi connectivity index (χ1) is 18.8. The number of hydrogen-bond donors (Lipinski definition) is 1. The molecule has 3 aromatic rings. The van der Waals surface area contributed by atoms with Crippen molar-refractivity contribution in [1.29, 1.82) is 0 Å². The molecule has 0 saturated carbocycles. The van der Waals surface area contributed by atoms with Gasteiger partial charge in [-0.3, -0.25) is 4.79 Å². The Hall–Kier alpha value is -3.95. The fourth-order valence-corrected chi connectivity index (χ4v) is 3.78. The van der Waals surface area contributed by atoms with Gasteiger partial charge in [0.1, 0.15) is 5.75 Å². The average molecular weight is 575 g/mol. The summed E-state index contributed by atoms with van der Waals surface area (Å²) in [6.07, 6.45) is 2.14. The number of hydrogen-bond acceptors (Lipinski definition) is 8. The monoisotopic (exact) mass is 574 g/mol. The number of rotatable bonds is 13. The van der Waals surface area contributed by atoms with E-state index in [0.717, 1.165) is 0 Å². The minimum Gasteiger partial charge on any atom is -0.493 e. The molecule has 1 N–H and O–H groups in total. The van der Waals surface area contributed by atoms with E-state index >= 15 is 0 Å². The van der Waals surface area contributed by atoms with Gasteiger partial charge < -0.3 is 23.7 Å². The van der Waals surface area contributed by atoms with Crippen LogP contribution in [0.3, 0.4) is 0 Å². The van der Waals surface area contributed by atoms with Gasteiger partial charge in [-0.15, -0.1) is 0 Å². The molecule has 0 bridgehead atoms. The third kappa shape index (κ3) is 8.80. The van der Waals surface area contributed by atoms with Gasteiger partial charge >= 0.3 is 5.97 Å². The van der Waals surface area contributed by atoms with Crippen LogP contribution in [0.15, 0.2) is 59.7 Å². The van der Waals surface area contributed by atoms with Crippen LogP contribution in [0.2, 0.25) is 10.0 Å². The van der Waals surface area contributed by atoms with E-state index in [1.807, 2.05) is 6.92 Å². The van der Waals surface area contributed by atoms with E-state index in [1.54, 1.807) is 48.5 Å². The number of carbonyl (C=O) groups is 2. The Kier molecular flexibility index (Phi) is 11.3. The van der Waals surface area contributed by atoms with Crippen LogP contribution in [0.5, 0.6) is 28.7 Å². The normalized spacial score (nSPS) is 10.7. The summed E-state index contributed by atoms with van der Waals surface area (Å²) in [4.78, 5) is 24.8. The first kappa shape index (κ1) is 29.6.